The number of guanidine groups is 1. The van der Waals surface area contributed by atoms with Gasteiger partial charge < -0.3 is 15.4 Å². The Morgan fingerprint density at radius 3 is 2.42 bits per heavy atom. The van der Waals surface area contributed by atoms with E-state index < -0.39 is 0 Å². The van der Waals surface area contributed by atoms with Crippen molar-refractivity contribution in [1.82, 2.24) is 20.4 Å². The van der Waals surface area contributed by atoms with E-state index in [1.807, 2.05) is 30.8 Å². The molecule has 2 N–H and O–H groups in total. The molecule has 26 heavy (non-hydrogen) atoms. The van der Waals surface area contributed by atoms with Gasteiger partial charge in [0.05, 0.1) is 19.3 Å². The van der Waals surface area contributed by atoms with Crippen LogP contribution in [0.2, 0.25) is 0 Å². The second kappa shape index (κ2) is 11.1. The number of nitrogens with zero attached hydrogens (tertiary/aromatic N) is 3. The number of hydrogen-bond donors (Lipinski definition) is 2. The van der Waals surface area contributed by atoms with Gasteiger partial charge in [-0.2, -0.15) is 5.10 Å². The molecule has 0 fully saturated rings. The first-order valence-corrected chi connectivity index (χ1v) is 8.69. The second-order valence-corrected chi connectivity index (χ2v) is 5.99. The van der Waals surface area contributed by atoms with E-state index in [0.717, 1.165) is 42.6 Å². The molecule has 0 aliphatic rings. The van der Waals surface area contributed by atoms with Crippen LogP contribution in [-0.4, -0.2) is 35.9 Å². The standard InChI is InChI=1S/C19H29N5O.HI/c1-6-20-19(22-13-18-14(2)23-24(4)15(18)3)21-12-11-16-7-9-17(25-5)10-8-16;/h7-10H,6,11-13H2,1-5H3,(H2,20,21,22);1H. The van der Waals surface area contributed by atoms with Gasteiger partial charge in [-0.25, -0.2) is 4.99 Å². The summed E-state index contributed by atoms with van der Waals surface area (Å²) in [6.07, 6.45) is 0.930. The van der Waals surface area contributed by atoms with E-state index >= 15 is 0 Å². The summed E-state index contributed by atoms with van der Waals surface area (Å²) < 4.78 is 7.09. The predicted molar refractivity (Wildman–Crippen MR) is 118 cm³/mol. The van der Waals surface area contributed by atoms with Crippen molar-refractivity contribution in [2.75, 3.05) is 20.2 Å². The van der Waals surface area contributed by atoms with Crippen LogP contribution in [0.3, 0.4) is 0 Å². The molecule has 0 amide bonds. The molecule has 0 aliphatic carbocycles. The minimum absolute atomic E-state index is 0. The summed E-state index contributed by atoms with van der Waals surface area (Å²) in [5.41, 5.74) is 4.66. The average molecular weight is 471 g/mol. The summed E-state index contributed by atoms with van der Waals surface area (Å²) in [7, 11) is 3.65. The van der Waals surface area contributed by atoms with Gasteiger partial charge in [-0.05, 0) is 44.9 Å². The number of halogens is 1. The summed E-state index contributed by atoms with van der Waals surface area (Å²) in [6.45, 7) is 8.46. The Balaban J connectivity index is 0.00000338. The summed E-state index contributed by atoms with van der Waals surface area (Å²) in [5.74, 6) is 1.72. The molecule has 1 heterocycles. The predicted octanol–water partition coefficient (Wildman–Crippen LogP) is 2.96. The van der Waals surface area contributed by atoms with Crippen molar-refractivity contribution >= 4 is 29.9 Å². The number of rotatable bonds is 7. The maximum atomic E-state index is 5.19. The highest BCUT2D eigenvalue weighted by atomic mass is 127. The summed E-state index contributed by atoms with van der Waals surface area (Å²) >= 11 is 0. The number of nitrogens with one attached hydrogen (secondary N) is 2. The number of aliphatic imine (C=N–C) groups is 1. The number of aryl methyl sites for hydroxylation is 2. The van der Waals surface area contributed by atoms with Crippen LogP contribution in [-0.2, 0) is 20.0 Å². The molecule has 0 bridgehead atoms. The maximum Gasteiger partial charge on any atom is 0.191 e. The van der Waals surface area contributed by atoms with Crippen LogP contribution in [0.5, 0.6) is 5.75 Å². The molecule has 0 atom stereocenters. The van der Waals surface area contributed by atoms with E-state index in [9.17, 15) is 0 Å². The van der Waals surface area contributed by atoms with Crippen molar-refractivity contribution in [2.24, 2.45) is 12.0 Å². The minimum Gasteiger partial charge on any atom is -0.497 e. The zero-order valence-electron chi connectivity index (χ0n) is 16.3. The lowest BCUT2D eigenvalue weighted by molar-refractivity contribution is 0.414. The molecule has 0 unspecified atom stereocenters. The van der Waals surface area contributed by atoms with Crippen molar-refractivity contribution in [3.05, 3.63) is 46.8 Å². The van der Waals surface area contributed by atoms with E-state index in [1.54, 1.807) is 7.11 Å². The highest BCUT2D eigenvalue weighted by Gasteiger charge is 2.08. The highest BCUT2D eigenvalue weighted by Crippen LogP contribution is 2.13. The molecule has 0 saturated heterocycles. The number of methoxy groups -OCH3 is 1. The van der Waals surface area contributed by atoms with E-state index in [1.165, 1.54) is 11.1 Å². The quantitative estimate of drug-likeness (QED) is 0.371. The molecule has 0 saturated carbocycles. The Morgan fingerprint density at radius 2 is 1.88 bits per heavy atom. The third-order valence-electron chi connectivity index (χ3n) is 4.26. The lowest BCUT2D eigenvalue weighted by atomic mass is 10.1. The fourth-order valence-corrected chi connectivity index (χ4v) is 2.66. The lowest BCUT2D eigenvalue weighted by Crippen LogP contribution is -2.38. The SMILES string of the molecule is CCNC(=NCc1c(C)nn(C)c1C)NCCc1ccc(OC)cc1.I. The summed E-state index contributed by atoms with van der Waals surface area (Å²) in [4.78, 5) is 4.70. The normalized spacial score (nSPS) is 11.0. The van der Waals surface area contributed by atoms with Gasteiger partial charge in [-0.3, -0.25) is 4.68 Å². The largest absolute Gasteiger partial charge is 0.497 e. The smallest absolute Gasteiger partial charge is 0.191 e. The van der Waals surface area contributed by atoms with Crippen LogP contribution in [0.4, 0.5) is 0 Å². The van der Waals surface area contributed by atoms with E-state index in [0.29, 0.717) is 6.54 Å². The fraction of sp³-hybridized carbons (Fsp3) is 0.474. The monoisotopic (exact) mass is 471 g/mol. The minimum atomic E-state index is 0. The third kappa shape index (κ3) is 6.19. The van der Waals surface area contributed by atoms with Crippen LogP contribution in [0.25, 0.3) is 0 Å². The average Bonchev–Trinajstić information content (AvgIpc) is 2.85. The molecule has 0 aliphatic heterocycles. The first kappa shape index (κ1) is 22.3. The number of benzene rings is 1. The highest BCUT2D eigenvalue weighted by molar-refractivity contribution is 14.0. The molecule has 0 radical (unpaired) electrons. The van der Waals surface area contributed by atoms with Gasteiger partial charge in [0.1, 0.15) is 5.75 Å². The second-order valence-electron chi connectivity index (χ2n) is 5.99. The van der Waals surface area contributed by atoms with Crippen molar-refractivity contribution in [3.63, 3.8) is 0 Å². The van der Waals surface area contributed by atoms with Crippen LogP contribution < -0.4 is 15.4 Å². The molecule has 2 rings (SSSR count). The molecular formula is C19H30IN5O. The molecule has 6 nitrogen and oxygen atoms in total. The maximum absolute atomic E-state index is 5.19. The van der Waals surface area contributed by atoms with Gasteiger partial charge >= 0.3 is 0 Å². The van der Waals surface area contributed by atoms with Gasteiger partial charge in [0.15, 0.2) is 5.96 Å². The Labute approximate surface area is 173 Å². The van der Waals surface area contributed by atoms with Crippen molar-refractivity contribution < 1.29 is 4.74 Å². The number of ether oxygens (including phenoxy) is 1. The molecule has 1 aromatic heterocycles. The first-order chi connectivity index (χ1) is 12.0. The van der Waals surface area contributed by atoms with E-state index in [-0.39, 0.29) is 24.0 Å². The van der Waals surface area contributed by atoms with Crippen LogP contribution >= 0.6 is 24.0 Å². The van der Waals surface area contributed by atoms with E-state index in [4.69, 9.17) is 9.73 Å². The Hall–Kier alpha value is -1.77. The first-order valence-electron chi connectivity index (χ1n) is 8.69. The topological polar surface area (TPSA) is 63.5 Å². The van der Waals surface area contributed by atoms with Gasteiger partial charge in [-0.1, -0.05) is 12.1 Å². The van der Waals surface area contributed by atoms with Gasteiger partial charge in [-0.15, -0.1) is 24.0 Å². The molecule has 7 heteroatoms. The Morgan fingerprint density at radius 1 is 1.19 bits per heavy atom. The Kier molecular flexibility index (Phi) is 9.47. The Bertz CT molecular complexity index is 709. The molecule has 0 spiro atoms. The molecule has 2 aromatic rings. The van der Waals surface area contributed by atoms with Crippen LogP contribution in [0.1, 0.15) is 29.4 Å². The summed E-state index contributed by atoms with van der Waals surface area (Å²) in [5, 5.41) is 11.1. The lowest BCUT2D eigenvalue weighted by Gasteiger charge is -2.11. The van der Waals surface area contributed by atoms with Gasteiger partial charge in [0, 0.05) is 31.4 Å². The molecule has 144 valence electrons. The van der Waals surface area contributed by atoms with Crippen molar-refractivity contribution in [2.45, 2.75) is 33.7 Å². The zero-order valence-corrected chi connectivity index (χ0v) is 18.6. The van der Waals surface area contributed by atoms with Crippen molar-refractivity contribution in [3.8, 4) is 5.75 Å². The zero-order chi connectivity index (χ0) is 18.2. The number of hydrogen-bond acceptors (Lipinski definition) is 3. The van der Waals surface area contributed by atoms with E-state index in [2.05, 4.69) is 41.7 Å². The summed E-state index contributed by atoms with van der Waals surface area (Å²) in [6, 6.07) is 8.16. The van der Waals surface area contributed by atoms with Crippen LogP contribution in [0.15, 0.2) is 29.3 Å². The third-order valence-corrected chi connectivity index (χ3v) is 4.26. The van der Waals surface area contributed by atoms with Gasteiger partial charge in [0.2, 0.25) is 0 Å². The number of aromatic nitrogens is 2. The van der Waals surface area contributed by atoms with Crippen LogP contribution in [0, 0.1) is 13.8 Å². The van der Waals surface area contributed by atoms with Gasteiger partial charge in [0.25, 0.3) is 0 Å². The van der Waals surface area contributed by atoms with Crippen molar-refractivity contribution in [1.29, 1.82) is 0 Å². The fourth-order valence-electron chi connectivity index (χ4n) is 2.66. The molecular weight excluding hydrogens is 441 g/mol. The molecule has 1 aromatic carbocycles.